The summed E-state index contributed by atoms with van der Waals surface area (Å²) < 4.78 is 49.8. The van der Waals surface area contributed by atoms with E-state index in [1.807, 2.05) is 37.3 Å². The zero-order valence-electron chi connectivity index (χ0n) is 20.3. The number of hydrogen-bond acceptors (Lipinski definition) is 7. The average Bonchev–Trinajstić information content (AvgIpc) is 2.92. The van der Waals surface area contributed by atoms with Crippen molar-refractivity contribution in [2.45, 2.75) is 11.8 Å². The number of sulfonamides is 1. The van der Waals surface area contributed by atoms with Gasteiger partial charge >= 0.3 is 0 Å². The summed E-state index contributed by atoms with van der Waals surface area (Å²) in [5, 5.41) is 10.9. The van der Waals surface area contributed by atoms with Gasteiger partial charge in [0.25, 0.3) is 10.0 Å². The van der Waals surface area contributed by atoms with Crippen molar-refractivity contribution in [3.63, 3.8) is 0 Å². The van der Waals surface area contributed by atoms with E-state index in [0.29, 0.717) is 21.9 Å². The SMILES string of the molecule is COc1cc(-c2ccc(C)cc2)c(C#N)c(F)c1-c1nccc2cc(S(=O)(=O)Nc3ccncn3)ccc12. The first-order chi connectivity index (χ1) is 18.3. The molecule has 0 unspecified atom stereocenters. The highest BCUT2D eigenvalue weighted by molar-refractivity contribution is 7.92. The van der Waals surface area contributed by atoms with Crippen LogP contribution in [0.4, 0.5) is 10.2 Å². The smallest absolute Gasteiger partial charge is 0.263 e. The van der Waals surface area contributed by atoms with Crippen molar-refractivity contribution in [3.05, 3.63) is 96.3 Å². The number of anilines is 1. The molecular weight excluding hydrogens is 505 g/mol. The van der Waals surface area contributed by atoms with Gasteiger partial charge in [0, 0.05) is 23.3 Å². The number of ether oxygens (including phenoxy) is 1. The number of fused-ring (bicyclic) bond motifs is 1. The van der Waals surface area contributed by atoms with Crippen molar-refractivity contribution in [1.82, 2.24) is 15.0 Å². The van der Waals surface area contributed by atoms with Crippen molar-refractivity contribution >= 4 is 26.6 Å². The molecule has 2 aromatic heterocycles. The molecule has 0 aliphatic heterocycles. The number of methoxy groups -OCH3 is 1. The van der Waals surface area contributed by atoms with Gasteiger partial charge in [-0.2, -0.15) is 5.26 Å². The second-order valence-electron chi connectivity index (χ2n) is 8.41. The first-order valence-electron chi connectivity index (χ1n) is 11.4. The Morgan fingerprint density at radius 1 is 1.00 bits per heavy atom. The Hall–Kier alpha value is -4.88. The molecule has 0 atom stereocenters. The van der Waals surface area contributed by atoms with Crippen LogP contribution in [-0.4, -0.2) is 30.5 Å². The molecule has 0 bridgehead atoms. The average molecular weight is 526 g/mol. The molecule has 0 aliphatic carbocycles. The second-order valence-corrected chi connectivity index (χ2v) is 10.1. The van der Waals surface area contributed by atoms with Gasteiger partial charge in [-0.05, 0) is 48.2 Å². The van der Waals surface area contributed by atoms with Gasteiger partial charge in [-0.15, -0.1) is 0 Å². The number of rotatable bonds is 6. The number of nitrogens with one attached hydrogen (secondary N) is 1. The highest BCUT2D eigenvalue weighted by Crippen LogP contribution is 2.41. The Labute approximate surface area is 218 Å². The number of benzene rings is 3. The summed E-state index contributed by atoms with van der Waals surface area (Å²) in [5.41, 5.74) is 2.20. The minimum absolute atomic E-state index is 0.0133. The molecule has 0 saturated heterocycles. The number of pyridine rings is 1. The van der Waals surface area contributed by atoms with Crippen LogP contribution in [0.15, 0.2) is 84.3 Å². The molecule has 0 spiro atoms. The Bertz CT molecular complexity index is 1820. The molecule has 3 aromatic carbocycles. The predicted octanol–water partition coefficient (Wildman–Crippen LogP) is 5.49. The van der Waals surface area contributed by atoms with E-state index in [-0.39, 0.29) is 33.3 Å². The van der Waals surface area contributed by atoms with Gasteiger partial charge in [0.1, 0.15) is 24.0 Å². The van der Waals surface area contributed by atoms with Gasteiger partial charge in [-0.1, -0.05) is 35.9 Å². The lowest BCUT2D eigenvalue weighted by Crippen LogP contribution is -2.13. The molecular formula is C28H20FN5O3S. The molecule has 8 nitrogen and oxygen atoms in total. The molecule has 1 N–H and O–H groups in total. The highest BCUT2D eigenvalue weighted by atomic mass is 32.2. The van der Waals surface area contributed by atoms with E-state index in [9.17, 15) is 13.7 Å². The Balaban J connectivity index is 1.65. The molecule has 0 aliphatic rings. The van der Waals surface area contributed by atoms with Crippen molar-refractivity contribution < 1.29 is 17.5 Å². The van der Waals surface area contributed by atoms with E-state index in [1.54, 1.807) is 18.2 Å². The summed E-state index contributed by atoms with van der Waals surface area (Å²) >= 11 is 0. The van der Waals surface area contributed by atoms with E-state index in [1.165, 1.54) is 44.0 Å². The maximum absolute atomic E-state index is 16.0. The van der Waals surface area contributed by atoms with Gasteiger partial charge in [0.05, 0.1) is 28.8 Å². The van der Waals surface area contributed by atoms with E-state index >= 15 is 4.39 Å². The van der Waals surface area contributed by atoms with Crippen LogP contribution in [-0.2, 0) is 10.0 Å². The third-order valence-electron chi connectivity index (χ3n) is 6.03. The summed E-state index contributed by atoms with van der Waals surface area (Å²) in [6.07, 6.45) is 4.10. The number of nitriles is 1. The van der Waals surface area contributed by atoms with Crippen LogP contribution in [0, 0.1) is 24.1 Å². The van der Waals surface area contributed by atoms with Crippen molar-refractivity contribution in [2.75, 3.05) is 11.8 Å². The van der Waals surface area contributed by atoms with Crippen LogP contribution < -0.4 is 9.46 Å². The number of nitrogens with zero attached hydrogens (tertiary/aromatic N) is 4. The molecule has 38 heavy (non-hydrogen) atoms. The van der Waals surface area contributed by atoms with Gasteiger partial charge in [0.2, 0.25) is 0 Å². The molecule has 0 fully saturated rings. The maximum atomic E-state index is 16.0. The van der Waals surface area contributed by atoms with Gasteiger partial charge < -0.3 is 4.74 Å². The summed E-state index contributed by atoms with van der Waals surface area (Å²) in [4.78, 5) is 12.0. The first kappa shape index (κ1) is 24.8. The zero-order valence-corrected chi connectivity index (χ0v) is 21.1. The molecule has 0 radical (unpaired) electrons. The summed E-state index contributed by atoms with van der Waals surface area (Å²) in [6.45, 7) is 1.94. The van der Waals surface area contributed by atoms with E-state index < -0.39 is 15.8 Å². The van der Waals surface area contributed by atoms with Crippen LogP contribution in [0.2, 0.25) is 0 Å². The lowest BCUT2D eigenvalue weighted by atomic mass is 9.93. The normalized spacial score (nSPS) is 11.2. The Morgan fingerprint density at radius 3 is 2.47 bits per heavy atom. The fourth-order valence-corrected chi connectivity index (χ4v) is 5.19. The van der Waals surface area contributed by atoms with Crippen molar-refractivity contribution in [1.29, 1.82) is 5.26 Å². The number of aromatic nitrogens is 3. The van der Waals surface area contributed by atoms with Gasteiger partial charge in [-0.3, -0.25) is 9.71 Å². The molecule has 0 saturated carbocycles. The number of halogens is 1. The largest absolute Gasteiger partial charge is 0.496 e. The molecule has 10 heteroatoms. The molecule has 5 rings (SSSR count). The van der Waals surface area contributed by atoms with Crippen LogP contribution in [0.25, 0.3) is 33.2 Å². The Kier molecular flexibility index (Phi) is 6.45. The van der Waals surface area contributed by atoms with Crippen LogP contribution >= 0.6 is 0 Å². The minimum atomic E-state index is -3.96. The van der Waals surface area contributed by atoms with E-state index in [0.717, 1.165) is 5.56 Å². The van der Waals surface area contributed by atoms with Crippen LogP contribution in [0.1, 0.15) is 11.1 Å². The molecule has 2 heterocycles. The topological polar surface area (TPSA) is 118 Å². The highest BCUT2D eigenvalue weighted by Gasteiger charge is 2.24. The summed E-state index contributed by atoms with van der Waals surface area (Å²) in [5.74, 6) is -0.455. The van der Waals surface area contributed by atoms with E-state index in [4.69, 9.17) is 4.74 Å². The van der Waals surface area contributed by atoms with Gasteiger partial charge in [-0.25, -0.2) is 22.8 Å². The van der Waals surface area contributed by atoms with Crippen LogP contribution in [0.5, 0.6) is 5.75 Å². The number of aryl methyl sites for hydroxylation is 1. The monoisotopic (exact) mass is 525 g/mol. The van der Waals surface area contributed by atoms with Crippen LogP contribution in [0.3, 0.4) is 0 Å². The van der Waals surface area contributed by atoms with Crippen molar-refractivity contribution in [3.8, 4) is 34.2 Å². The molecule has 0 amide bonds. The van der Waals surface area contributed by atoms with Gasteiger partial charge in [0.15, 0.2) is 5.82 Å². The quantitative estimate of drug-likeness (QED) is 0.312. The van der Waals surface area contributed by atoms with E-state index in [2.05, 4.69) is 19.7 Å². The third kappa shape index (κ3) is 4.51. The maximum Gasteiger partial charge on any atom is 0.263 e. The predicted molar refractivity (Wildman–Crippen MR) is 141 cm³/mol. The summed E-state index contributed by atoms with van der Waals surface area (Å²) in [6, 6.07) is 18.5. The first-order valence-corrected chi connectivity index (χ1v) is 12.9. The standard InChI is InChI=1S/C28H20FN5O3S/c1-17-3-5-18(6-4-17)22-14-24(37-2)26(27(29)23(22)15-30)28-21-8-7-20(13-19(21)9-12-32-28)38(35,36)34-25-10-11-31-16-33-25/h3-14,16H,1-2H3,(H,31,33,34). The Morgan fingerprint density at radius 2 is 1.79 bits per heavy atom. The fraction of sp³-hybridized carbons (Fsp3) is 0.0714. The fourth-order valence-electron chi connectivity index (χ4n) is 4.15. The number of hydrogen-bond donors (Lipinski definition) is 1. The third-order valence-corrected chi connectivity index (χ3v) is 7.38. The minimum Gasteiger partial charge on any atom is -0.496 e. The summed E-state index contributed by atoms with van der Waals surface area (Å²) in [7, 11) is -2.54. The zero-order chi connectivity index (χ0) is 26.9. The lowest BCUT2D eigenvalue weighted by Gasteiger charge is -2.16. The lowest BCUT2D eigenvalue weighted by molar-refractivity contribution is 0.413. The van der Waals surface area contributed by atoms with Crippen molar-refractivity contribution in [2.24, 2.45) is 0 Å². The molecule has 188 valence electrons. The second kappa shape index (κ2) is 9.88. The molecule has 5 aromatic rings.